The lowest BCUT2D eigenvalue weighted by atomic mass is 9.70. The van der Waals surface area contributed by atoms with E-state index in [1.165, 1.54) is 5.56 Å². The lowest BCUT2D eigenvalue weighted by Crippen LogP contribution is -2.42. The Hall–Kier alpha value is -2.95. The van der Waals surface area contributed by atoms with Crippen molar-refractivity contribution < 1.29 is 19.4 Å². The van der Waals surface area contributed by atoms with Crippen LogP contribution in [0.15, 0.2) is 53.5 Å². The minimum atomic E-state index is -0.675. The second-order valence-corrected chi connectivity index (χ2v) is 9.46. The number of Topliss-reactive ketones (excluding diaryl/α,β-unsaturated/α-hetero) is 1. The van der Waals surface area contributed by atoms with Gasteiger partial charge in [0.05, 0.1) is 17.4 Å². The second kappa shape index (κ2) is 9.90. The maximum atomic E-state index is 13.5. The molecule has 0 aromatic heterocycles. The Labute approximate surface area is 195 Å². The molecule has 1 heterocycles. The number of para-hydroxylation sites is 1. The van der Waals surface area contributed by atoms with Crippen LogP contribution >= 0.6 is 0 Å². The van der Waals surface area contributed by atoms with E-state index in [1.807, 2.05) is 43.3 Å². The molecule has 1 saturated carbocycles. The minimum absolute atomic E-state index is 0.0235. The summed E-state index contributed by atoms with van der Waals surface area (Å²) in [6.45, 7) is 4.07. The maximum absolute atomic E-state index is 13.5. The average molecular weight is 448 g/mol. The van der Waals surface area contributed by atoms with Crippen molar-refractivity contribution in [3.63, 3.8) is 0 Å². The molecule has 5 heteroatoms. The second-order valence-electron chi connectivity index (χ2n) is 9.46. The van der Waals surface area contributed by atoms with Crippen LogP contribution in [0.25, 0.3) is 0 Å². The Kier molecular flexibility index (Phi) is 6.96. The summed E-state index contributed by atoms with van der Waals surface area (Å²) in [6, 6.07) is 15.0. The molecule has 0 amide bonds. The molecule has 0 radical (unpaired) electrons. The van der Waals surface area contributed by atoms with Crippen LogP contribution < -0.4 is 0 Å². The van der Waals surface area contributed by atoms with E-state index in [4.69, 9.17) is 4.74 Å². The molecule has 33 heavy (non-hydrogen) atoms. The molecule has 1 N–H and O–H groups in total. The number of hydrogen-bond donors (Lipinski definition) is 1. The van der Waals surface area contributed by atoms with E-state index in [0.717, 1.165) is 49.7 Å². The predicted octanol–water partition coefficient (Wildman–Crippen LogP) is 5.19. The zero-order valence-corrected chi connectivity index (χ0v) is 19.5. The molecule has 2 aromatic carbocycles. The normalized spacial score (nSPS) is 19.9. The van der Waals surface area contributed by atoms with Crippen molar-refractivity contribution >= 4 is 17.5 Å². The molecule has 1 aliphatic heterocycles. The predicted molar refractivity (Wildman–Crippen MR) is 129 cm³/mol. The third-order valence-electron chi connectivity index (χ3n) is 7.20. The largest absolute Gasteiger partial charge is 0.508 e. The first kappa shape index (κ1) is 23.2. The fraction of sp³-hybridized carbons (Fsp3) is 0.464. The number of ketones is 1. The molecular weight excluding hydrogens is 414 g/mol. The summed E-state index contributed by atoms with van der Waals surface area (Å²) in [5.41, 5.74) is 2.86. The fourth-order valence-corrected chi connectivity index (χ4v) is 4.82. The Morgan fingerprint density at radius 2 is 1.79 bits per heavy atom. The van der Waals surface area contributed by atoms with Gasteiger partial charge in [-0.15, -0.1) is 0 Å². The average Bonchev–Trinajstić information content (AvgIpc) is 3.62. The topological polar surface area (TPSA) is 76.0 Å². The van der Waals surface area contributed by atoms with E-state index < -0.39 is 5.41 Å². The maximum Gasteiger partial charge on any atom is 0.313 e. The third kappa shape index (κ3) is 5.18. The molecule has 174 valence electrons. The van der Waals surface area contributed by atoms with Gasteiger partial charge in [0.1, 0.15) is 18.1 Å². The standard InChI is InChI=1S/C28H33NO4/c1-3-20-11-13-21(14-12-20)19(2)27(32)33-18-28(15-7-4-8-16-28)26(31)25-23(29-25)17-22-9-5-6-10-24(22)30/h5-6,9-14,19,23,30H,3-4,7-8,15-18H2,1-2H3. The van der Waals surface area contributed by atoms with E-state index in [1.54, 1.807) is 12.1 Å². The Bertz CT molecular complexity index is 1030. The van der Waals surface area contributed by atoms with Crippen LogP contribution in [0.3, 0.4) is 0 Å². The number of esters is 1. The summed E-state index contributed by atoms with van der Waals surface area (Å²) in [4.78, 5) is 30.8. The summed E-state index contributed by atoms with van der Waals surface area (Å²) in [5.74, 6) is -0.414. The van der Waals surface area contributed by atoms with Gasteiger partial charge in [0.15, 0.2) is 5.78 Å². The highest BCUT2D eigenvalue weighted by Gasteiger charge is 2.48. The SMILES string of the molecule is CCc1ccc(C(C)C(=O)OCC2(C(=O)C3=NC3Cc3ccccc3O)CCCCC2)cc1. The van der Waals surface area contributed by atoms with E-state index in [0.29, 0.717) is 12.1 Å². The van der Waals surface area contributed by atoms with Crippen molar-refractivity contribution in [3.8, 4) is 5.75 Å². The molecule has 4 rings (SSSR count). The lowest BCUT2D eigenvalue weighted by Gasteiger charge is -2.34. The van der Waals surface area contributed by atoms with Crippen molar-refractivity contribution in [3.05, 3.63) is 65.2 Å². The lowest BCUT2D eigenvalue weighted by molar-refractivity contribution is -0.151. The molecule has 5 nitrogen and oxygen atoms in total. The molecule has 2 atom stereocenters. The van der Waals surface area contributed by atoms with Crippen molar-refractivity contribution in [2.75, 3.05) is 6.61 Å². The molecule has 1 aliphatic carbocycles. The number of rotatable bonds is 9. The van der Waals surface area contributed by atoms with Crippen molar-refractivity contribution in [1.29, 1.82) is 0 Å². The number of ether oxygens (including phenoxy) is 1. The van der Waals surface area contributed by atoms with Crippen LogP contribution in [0.1, 0.15) is 68.6 Å². The summed E-state index contributed by atoms with van der Waals surface area (Å²) in [5, 5.41) is 10.0. The first-order chi connectivity index (χ1) is 15.9. The van der Waals surface area contributed by atoms with Gasteiger partial charge in [-0.2, -0.15) is 0 Å². The smallest absolute Gasteiger partial charge is 0.313 e. The monoisotopic (exact) mass is 447 g/mol. The first-order valence-electron chi connectivity index (χ1n) is 12.1. The summed E-state index contributed by atoms with van der Waals surface area (Å²) < 4.78 is 5.77. The van der Waals surface area contributed by atoms with Crippen LogP contribution in [0.4, 0.5) is 0 Å². The number of benzene rings is 2. The van der Waals surface area contributed by atoms with Gasteiger partial charge in [-0.05, 0) is 48.9 Å². The highest BCUT2D eigenvalue weighted by molar-refractivity contribution is 6.48. The van der Waals surface area contributed by atoms with Gasteiger partial charge in [-0.3, -0.25) is 14.6 Å². The Morgan fingerprint density at radius 3 is 2.45 bits per heavy atom. The quantitative estimate of drug-likeness (QED) is 0.537. The molecule has 0 saturated heterocycles. The number of hydrogen-bond acceptors (Lipinski definition) is 5. The van der Waals surface area contributed by atoms with Gasteiger partial charge in [-0.1, -0.05) is 68.7 Å². The van der Waals surface area contributed by atoms with Crippen LogP contribution in [-0.2, 0) is 27.2 Å². The van der Waals surface area contributed by atoms with Crippen LogP contribution in [0, 0.1) is 5.41 Å². The zero-order valence-electron chi connectivity index (χ0n) is 19.5. The van der Waals surface area contributed by atoms with Gasteiger partial charge in [0, 0.05) is 6.42 Å². The minimum Gasteiger partial charge on any atom is -0.508 e. The molecule has 1 fully saturated rings. The molecule has 2 aromatic rings. The first-order valence-corrected chi connectivity index (χ1v) is 12.1. The van der Waals surface area contributed by atoms with Gasteiger partial charge in [0.2, 0.25) is 0 Å². The summed E-state index contributed by atoms with van der Waals surface area (Å²) in [6.07, 6.45) is 5.93. The van der Waals surface area contributed by atoms with Gasteiger partial charge >= 0.3 is 5.97 Å². The number of phenols is 1. The zero-order chi connectivity index (χ0) is 23.4. The molecular formula is C28H33NO4. The number of phenolic OH excluding ortho intramolecular Hbond substituents is 1. The Morgan fingerprint density at radius 1 is 1.09 bits per heavy atom. The van der Waals surface area contributed by atoms with Gasteiger partial charge < -0.3 is 9.84 Å². The highest BCUT2D eigenvalue weighted by atomic mass is 16.5. The van der Waals surface area contributed by atoms with Crippen LogP contribution in [0.2, 0.25) is 0 Å². The fourth-order valence-electron chi connectivity index (χ4n) is 4.82. The third-order valence-corrected chi connectivity index (χ3v) is 7.20. The number of aliphatic imine (C=N–C) groups is 1. The molecule has 2 unspecified atom stereocenters. The van der Waals surface area contributed by atoms with E-state index in [-0.39, 0.29) is 36.1 Å². The summed E-state index contributed by atoms with van der Waals surface area (Å²) >= 11 is 0. The van der Waals surface area contributed by atoms with Crippen LogP contribution in [0.5, 0.6) is 5.75 Å². The van der Waals surface area contributed by atoms with Crippen molar-refractivity contribution in [1.82, 2.24) is 0 Å². The number of nitrogens with zero attached hydrogens (tertiary/aromatic N) is 1. The van der Waals surface area contributed by atoms with E-state index in [2.05, 4.69) is 11.9 Å². The van der Waals surface area contributed by atoms with Crippen molar-refractivity contribution in [2.24, 2.45) is 10.4 Å². The number of carbonyl (C=O) groups excluding carboxylic acids is 2. The number of aryl methyl sites for hydroxylation is 1. The van der Waals surface area contributed by atoms with Gasteiger partial charge in [0.25, 0.3) is 0 Å². The molecule has 0 spiro atoms. The van der Waals surface area contributed by atoms with Crippen LogP contribution in [-0.4, -0.2) is 35.2 Å². The van der Waals surface area contributed by atoms with E-state index in [9.17, 15) is 14.7 Å². The van der Waals surface area contributed by atoms with Gasteiger partial charge in [-0.25, -0.2) is 0 Å². The number of carbonyl (C=O) groups is 2. The summed E-state index contributed by atoms with van der Waals surface area (Å²) in [7, 11) is 0. The molecule has 2 aliphatic rings. The van der Waals surface area contributed by atoms with Crippen molar-refractivity contribution in [2.45, 2.75) is 70.8 Å². The highest BCUT2D eigenvalue weighted by Crippen LogP contribution is 2.41. The molecule has 0 bridgehead atoms. The number of aromatic hydroxyl groups is 1. The Balaban J connectivity index is 1.40. The van der Waals surface area contributed by atoms with E-state index >= 15 is 0 Å².